The van der Waals surface area contributed by atoms with Crippen LogP contribution in [0.5, 0.6) is 0 Å². The summed E-state index contributed by atoms with van der Waals surface area (Å²) >= 11 is 0. The van der Waals surface area contributed by atoms with Gasteiger partial charge in [-0.05, 0) is 104 Å². The minimum absolute atomic E-state index is 0.654. The lowest BCUT2D eigenvalue weighted by atomic mass is 9.68. The van der Waals surface area contributed by atoms with Gasteiger partial charge in [0.05, 0.1) is 0 Å². The molecule has 0 atom stereocenters. The molecule has 0 radical (unpaired) electrons. The lowest BCUT2D eigenvalue weighted by Gasteiger charge is -2.38. The SMILES string of the molecule is CCCCCCCC1CCC(C2CCC(c3ccc(Cc4ccc(N)cc4)cc3N)CC2)CC1. The van der Waals surface area contributed by atoms with Gasteiger partial charge in [-0.25, -0.2) is 0 Å². The predicted molar refractivity (Wildman–Crippen MR) is 148 cm³/mol. The first-order valence-corrected chi connectivity index (χ1v) is 14.3. The maximum absolute atomic E-state index is 6.57. The summed E-state index contributed by atoms with van der Waals surface area (Å²) in [4.78, 5) is 0. The van der Waals surface area contributed by atoms with Crippen molar-refractivity contribution in [3.8, 4) is 0 Å². The number of hydrogen-bond acceptors (Lipinski definition) is 2. The Morgan fingerprint density at radius 2 is 1.29 bits per heavy atom. The van der Waals surface area contributed by atoms with E-state index in [4.69, 9.17) is 11.5 Å². The number of nitrogen functional groups attached to an aromatic ring is 2. The molecule has 186 valence electrons. The van der Waals surface area contributed by atoms with Gasteiger partial charge in [0.1, 0.15) is 0 Å². The third-order valence-electron chi connectivity index (χ3n) is 9.02. The molecule has 4 rings (SSSR count). The van der Waals surface area contributed by atoms with Gasteiger partial charge in [0, 0.05) is 11.4 Å². The molecule has 2 nitrogen and oxygen atoms in total. The maximum Gasteiger partial charge on any atom is 0.0352 e. The van der Waals surface area contributed by atoms with Crippen LogP contribution in [0.25, 0.3) is 0 Å². The van der Waals surface area contributed by atoms with Gasteiger partial charge in [-0.1, -0.05) is 82.6 Å². The molecule has 34 heavy (non-hydrogen) atoms. The zero-order chi connectivity index (χ0) is 23.8. The second-order valence-electron chi connectivity index (χ2n) is 11.5. The first kappa shape index (κ1) is 25.1. The molecule has 2 aromatic carbocycles. The van der Waals surface area contributed by atoms with E-state index < -0.39 is 0 Å². The maximum atomic E-state index is 6.57. The number of nitrogens with two attached hydrogens (primary N) is 2. The Labute approximate surface area is 208 Å². The molecule has 2 fully saturated rings. The van der Waals surface area contributed by atoms with Gasteiger partial charge >= 0.3 is 0 Å². The Kier molecular flexibility index (Phi) is 9.36. The van der Waals surface area contributed by atoms with Gasteiger partial charge in [-0.15, -0.1) is 0 Å². The molecule has 0 spiro atoms. The Bertz CT molecular complexity index is 855. The summed E-state index contributed by atoms with van der Waals surface area (Å²) in [5.74, 6) is 3.65. The van der Waals surface area contributed by atoms with E-state index in [0.29, 0.717) is 5.92 Å². The van der Waals surface area contributed by atoms with E-state index >= 15 is 0 Å². The molecule has 0 bridgehead atoms. The summed E-state index contributed by atoms with van der Waals surface area (Å²) < 4.78 is 0. The van der Waals surface area contributed by atoms with E-state index in [2.05, 4.69) is 37.3 Å². The van der Waals surface area contributed by atoms with E-state index in [0.717, 1.165) is 35.5 Å². The van der Waals surface area contributed by atoms with Crippen molar-refractivity contribution < 1.29 is 0 Å². The topological polar surface area (TPSA) is 52.0 Å². The molecule has 0 heterocycles. The number of hydrogen-bond donors (Lipinski definition) is 2. The van der Waals surface area contributed by atoms with Crippen molar-refractivity contribution >= 4 is 11.4 Å². The number of benzene rings is 2. The van der Waals surface area contributed by atoms with Crippen LogP contribution in [0.1, 0.15) is 119 Å². The molecule has 0 aromatic heterocycles. The molecule has 0 saturated heterocycles. The highest BCUT2D eigenvalue weighted by Gasteiger charge is 2.31. The van der Waals surface area contributed by atoms with Crippen LogP contribution in [0.4, 0.5) is 11.4 Å². The number of unbranched alkanes of at least 4 members (excludes halogenated alkanes) is 4. The Morgan fingerprint density at radius 3 is 1.94 bits per heavy atom. The lowest BCUT2D eigenvalue weighted by Crippen LogP contribution is -2.25. The van der Waals surface area contributed by atoms with Crippen molar-refractivity contribution in [2.75, 3.05) is 11.5 Å². The Morgan fingerprint density at radius 1 is 0.676 bits per heavy atom. The molecule has 2 saturated carbocycles. The van der Waals surface area contributed by atoms with Gasteiger partial charge < -0.3 is 11.5 Å². The summed E-state index contributed by atoms with van der Waals surface area (Å²) in [5.41, 5.74) is 18.2. The predicted octanol–water partition coefficient (Wildman–Crippen LogP) is 8.88. The Balaban J connectivity index is 1.20. The third kappa shape index (κ3) is 7.03. The van der Waals surface area contributed by atoms with E-state index in [1.165, 1.54) is 107 Å². The number of rotatable bonds is 10. The highest BCUT2D eigenvalue weighted by Crippen LogP contribution is 2.45. The minimum Gasteiger partial charge on any atom is -0.399 e. The van der Waals surface area contributed by atoms with Crippen LogP contribution in [0.3, 0.4) is 0 Å². The van der Waals surface area contributed by atoms with Crippen LogP contribution in [0.15, 0.2) is 42.5 Å². The first-order valence-electron chi connectivity index (χ1n) is 14.3. The van der Waals surface area contributed by atoms with Crippen LogP contribution in [-0.2, 0) is 6.42 Å². The summed E-state index contributed by atoms with van der Waals surface area (Å²) in [6, 6.07) is 15.0. The normalized spacial score (nSPS) is 25.3. The van der Waals surface area contributed by atoms with E-state index in [1.807, 2.05) is 12.1 Å². The van der Waals surface area contributed by atoms with Crippen molar-refractivity contribution in [2.45, 2.75) is 109 Å². The highest BCUT2D eigenvalue weighted by molar-refractivity contribution is 5.52. The van der Waals surface area contributed by atoms with Crippen molar-refractivity contribution in [3.63, 3.8) is 0 Å². The fraction of sp³-hybridized carbons (Fsp3) is 0.625. The first-order chi connectivity index (χ1) is 16.6. The average molecular weight is 461 g/mol. The van der Waals surface area contributed by atoms with Crippen LogP contribution >= 0.6 is 0 Å². The zero-order valence-corrected chi connectivity index (χ0v) is 21.6. The van der Waals surface area contributed by atoms with Gasteiger partial charge in [0.2, 0.25) is 0 Å². The average Bonchev–Trinajstić information content (AvgIpc) is 2.86. The molecule has 4 N–H and O–H groups in total. The number of anilines is 2. The lowest BCUT2D eigenvalue weighted by molar-refractivity contribution is 0.155. The molecule has 0 amide bonds. The molecular weight excluding hydrogens is 412 g/mol. The van der Waals surface area contributed by atoms with Crippen molar-refractivity contribution in [1.29, 1.82) is 0 Å². The largest absolute Gasteiger partial charge is 0.399 e. The monoisotopic (exact) mass is 460 g/mol. The summed E-state index contributed by atoms with van der Waals surface area (Å²) in [6.07, 6.45) is 21.0. The molecule has 2 aliphatic rings. The van der Waals surface area contributed by atoms with Gasteiger partial charge in [-0.2, -0.15) is 0 Å². The van der Waals surface area contributed by atoms with Gasteiger partial charge in [-0.3, -0.25) is 0 Å². The Hall–Kier alpha value is -1.96. The molecule has 0 unspecified atom stereocenters. The van der Waals surface area contributed by atoms with Crippen molar-refractivity contribution in [1.82, 2.24) is 0 Å². The quantitative estimate of drug-likeness (QED) is 0.275. The van der Waals surface area contributed by atoms with Crippen LogP contribution in [0.2, 0.25) is 0 Å². The third-order valence-corrected chi connectivity index (χ3v) is 9.02. The standard InChI is InChI=1S/C32H48N2/c1-2-3-4-5-6-7-24-8-13-27(14-9-24)28-15-17-29(18-16-28)31-21-12-26(23-32(31)34)22-25-10-19-30(33)20-11-25/h10-12,19-21,23-24,27-29H,2-9,13-18,22,33-34H2,1H3. The van der Waals surface area contributed by atoms with Crippen LogP contribution in [-0.4, -0.2) is 0 Å². The van der Waals surface area contributed by atoms with Crippen LogP contribution < -0.4 is 11.5 Å². The van der Waals surface area contributed by atoms with E-state index in [-0.39, 0.29) is 0 Å². The molecule has 0 aliphatic heterocycles. The van der Waals surface area contributed by atoms with E-state index in [1.54, 1.807) is 0 Å². The van der Waals surface area contributed by atoms with Crippen molar-refractivity contribution in [3.05, 3.63) is 59.2 Å². The zero-order valence-electron chi connectivity index (χ0n) is 21.6. The molecule has 2 heteroatoms. The summed E-state index contributed by atoms with van der Waals surface area (Å²) in [7, 11) is 0. The molecular formula is C32H48N2. The van der Waals surface area contributed by atoms with Crippen LogP contribution in [0, 0.1) is 17.8 Å². The van der Waals surface area contributed by atoms with Gasteiger partial charge in [0.15, 0.2) is 0 Å². The molecule has 2 aromatic rings. The fourth-order valence-electron chi connectivity index (χ4n) is 6.86. The smallest absolute Gasteiger partial charge is 0.0352 e. The summed E-state index contributed by atoms with van der Waals surface area (Å²) in [6.45, 7) is 2.31. The van der Waals surface area contributed by atoms with Gasteiger partial charge in [0.25, 0.3) is 0 Å². The second-order valence-corrected chi connectivity index (χ2v) is 11.5. The van der Waals surface area contributed by atoms with E-state index in [9.17, 15) is 0 Å². The summed E-state index contributed by atoms with van der Waals surface area (Å²) in [5, 5.41) is 0. The minimum atomic E-state index is 0.654. The fourth-order valence-corrected chi connectivity index (χ4v) is 6.86. The van der Waals surface area contributed by atoms with Crippen molar-refractivity contribution in [2.24, 2.45) is 17.8 Å². The highest BCUT2D eigenvalue weighted by atomic mass is 14.6. The molecule has 2 aliphatic carbocycles. The second kappa shape index (κ2) is 12.7.